The number of H-pyrrole nitrogens is 1. The van der Waals surface area contributed by atoms with Crippen LogP contribution in [-0.2, 0) is 10.5 Å². The lowest BCUT2D eigenvalue weighted by Crippen LogP contribution is -2.53. The number of carbonyl (C=O) groups excluding carboxylic acids is 1. The van der Waals surface area contributed by atoms with E-state index in [9.17, 15) is 9.59 Å². The van der Waals surface area contributed by atoms with Crippen molar-refractivity contribution in [1.29, 1.82) is 0 Å². The Morgan fingerprint density at radius 2 is 2.24 bits per heavy atom. The number of carbonyl (C=O) groups is 1. The number of hydrogen-bond donors (Lipinski definition) is 2. The number of aromatic amines is 1. The molecule has 1 saturated heterocycles. The van der Waals surface area contributed by atoms with Gasteiger partial charge in [-0.1, -0.05) is 0 Å². The molecule has 6 nitrogen and oxygen atoms in total. The fourth-order valence-electron chi connectivity index (χ4n) is 3.03. The van der Waals surface area contributed by atoms with E-state index in [4.69, 9.17) is 0 Å². The number of aryl methyl sites for hydroxylation is 2. The van der Waals surface area contributed by atoms with Gasteiger partial charge in [0, 0.05) is 30.6 Å². The third-order valence-corrected chi connectivity index (χ3v) is 6.83. The first-order valence-corrected chi connectivity index (χ1v) is 10.4. The van der Waals surface area contributed by atoms with Crippen molar-refractivity contribution < 1.29 is 4.79 Å². The fraction of sp³-hybridized carbons (Fsp3) is 0.588. The lowest BCUT2D eigenvalue weighted by molar-refractivity contribution is -0.131. The summed E-state index contributed by atoms with van der Waals surface area (Å²) in [5.74, 6) is 1.32. The summed E-state index contributed by atoms with van der Waals surface area (Å²) < 4.78 is 0. The molecule has 2 aromatic rings. The minimum absolute atomic E-state index is 0.0858. The summed E-state index contributed by atoms with van der Waals surface area (Å²) in [5.41, 5.74) is 0.918. The minimum atomic E-state index is -0.155. The quantitative estimate of drug-likeness (QED) is 0.849. The van der Waals surface area contributed by atoms with Crippen LogP contribution in [0.4, 0.5) is 0 Å². The van der Waals surface area contributed by atoms with Crippen LogP contribution in [0.5, 0.6) is 0 Å². The first-order valence-electron chi connectivity index (χ1n) is 8.49. The monoisotopic (exact) mass is 380 g/mol. The fourth-order valence-corrected chi connectivity index (χ4v) is 4.92. The molecule has 0 spiro atoms. The number of rotatable bonds is 4. The number of thiophene rings is 1. The number of amides is 1. The zero-order valence-corrected chi connectivity index (χ0v) is 16.6. The predicted molar refractivity (Wildman–Crippen MR) is 105 cm³/mol. The van der Waals surface area contributed by atoms with E-state index >= 15 is 0 Å². The van der Waals surface area contributed by atoms with Crippen LogP contribution in [0.15, 0.2) is 4.79 Å². The molecule has 0 aliphatic carbocycles. The smallest absolute Gasteiger partial charge is 0.259 e. The van der Waals surface area contributed by atoms with E-state index in [0.717, 1.165) is 34.9 Å². The molecule has 3 heterocycles. The van der Waals surface area contributed by atoms with Gasteiger partial charge in [-0.05, 0) is 33.3 Å². The molecule has 0 saturated carbocycles. The highest BCUT2D eigenvalue weighted by molar-refractivity contribution is 7.99. The van der Waals surface area contributed by atoms with Crippen molar-refractivity contribution in [1.82, 2.24) is 20.2 Å². The summed E-state index contributed by atoms with van der Waals surface area (Å²) in [6.45, 7) is 10.3. The van der Waals surface area contributed by atoms with Crippen LogP contribution >= 0.6 is 23.1 Å². The first kappa shape index (κ1) is 18.4. The van der Waals surface area contributed by atoms with Crippen LogP contribution in [0, 0.1) is 13.8 Å². The molecule has 0 radical (unpaired) electrons. The Balaban J connectivity index is 1.67. The van der Waals surface area contributed by atoms with Gasteiger partial charge in [-0.25, -0.2) is 4.98 Å². The molecule has 2 unspecified atom stereocenters. The van der Waals surface area contributed by atoms with Crippen molar-refractivity contribution in [2.24, 2.45) is 0 Å². The summed E-state index contributed by atoms with van der Waals surface area (Å²) in [7, 11) is 0. The maximum absolute atomic E-state index is 12.6. The second-order valence-corrected chi connectivity index (χ2v) is 9.10. The molecule has 2 aromatic heterocycles. The Kier molecular flexibility index (Phi) is 5.50. The van der Waals surface area contributed by atoms with E-state index in [1.165, 1.54) is 11.8 Å². The van der Waals surface area contributed by atoms with Crippen molar-refractivity contribution in [3.05, 3.63) is 26.6 Å². The van der Waals surface area contributed by atoms with Gasteiger partial charge >= 0.3 is 0 Å². The van der Waals surface area contributed by atoms with Gasteiger partial charge in [0.1, 0.15) is 10.7 Å². The number of aromatic nitrogens is 2. The van der Waals surface area contributed by atoms with Crippen LogP contribution in [0.2, 0.25) is 0 Å². The van der Waals surface area contributed by atoms with Crippen molar-refractivity contribution in [3.63, 3.8) is 0 Å². The zero-order valence-electron chi connectivity index (χ0n) is 15.0. The van der Waals surface area contributed by atoms with E-state index in [-0.39, 0.29) is 16.7 Å². The molecule has 1 aliphatic heterocycles. The van der Waals surface area contributed by atoms with Gasteiger partial charge in [0.05, 0.1) is 16.4 Å². The number of piperazine rings is 1. The van der Waals surface area contributed by atoms with Crippen molar-refractivity contribution in [2.45, 2.75) is 44.7 Å². The largest absolute Gasteiger partial charge is 0.339 e. The van der Waals surface area contributed by atoms with Crippen LogP contribution < -0.4 is 10.9 Å². The van der Waals surface area contributed by atoms with Gasteiger partial charge in [-0.15, -0.1) is 23.1 Å². The van der Waals surface area contributed by atoms with Gasteiger partial charge in [-0.3, -0.25) is 9.59 Å². The highest BCUT2D eigenvalue weighted by Gasteiger charge is 2.25. The third kappa shape index (κ3) is 3.91. The predicted octanol–water partition coefficient (Wildman–Crippen LogP) is 2.04. The maximum Gasteiger partial charge on any atom is 0.259 e. The maximum atomic E-state index is 12.6. The SMILES string of the molecule is Cc1sc2nc(CSC(C)C(=O)N3CCNC(C)C3)[nH]c(=O)c2c1C. The summed E-state index contributed by atoms with van der Waals surface area (Å²) in [6, 6.07) is 0.334. The Morgan fingerprint density at radius 3 is 2.96 bits per heavy atom. The highest BCUT2D eigenvalue weighted by Crippen LogP contribution is 2.26. The third-order valence-electron chi connectivity index (χ3n) is 4.59. The van der Waals surface area contributed by atoms with Gasteiger partial charge in [0.2, 0.25) is 5.91 Å². The molecular formula is C17H24N4O2S2. The summed E-state index contributed by atoms with van der Waals surface area (Å²) in [6.07, 6.45) is 0. The number of thioether (sulfide) groups is 1. The lowest BCUT2D eigenvalue weighted by Gasteiger charge is -2.33. The second kappa shape index (κ2) is 7.47. The van der Waals surface area contributed by atoms with Crippen molar-refractivity contribution >= 4 is 39.2 Å². The molecule has 1 aliphatic rings. The average Bonchev–Trinajstić information content (AvgIpc) is 2.86. The molecule has 1 fully saturated rings. The Morgan fingerprint density at radius 1 is 1.48 bits per heavy atom. The summed E-state index contributed by atoms with van der Waals surface area (Å²) in [4.78, 5) is 36.2. The van der Waals surface area contributed by atoms with Crippen molar-refractivity contribution in [3.8, 4) is 0 Å². The van der Waals surface area contributed by atoms with E-state index in [1.807, 2.05) is 25.7 Å². The van der Waals surface area contributed by atoms with Gasteiger partial charge in [0.25, 0.3) is 5.56 Å². The summed E-state index contributed by atoms with van der Waals surface area (Å²) in [5, 5.41) is 3.88. The Hall–Kier alpha value is -1.38. The molecule has 2 N–H and O–H groups in total. The molecule has 1 amide bonds. The normalized spacial score (nSPS) is 19.4. The molecule has 2 atom stereocenters. The highest BCUT2D eigenvalue weighted by atomic mass is 32.2. The minimum Gasteiger partial charge on any atom is -0.339 e. The lowest BCUT2D eigenvalue weighted by atomic mass is 10.2. The van der Waals surface area contributed by atoms with Crippen LogP contribution in [-0.4, -0.2) is 51.7 Å². The standard InChI is InChI=1S/C17H24N4O2S2/c1-9-7-21(6-5-18-9)17(23)12(4)24-8-13-19-15(22)14-10(2)11(3)25-16(14)20-13/h9,12,18H,5-8H2,1-4H3,(H,19,20,22). The Labute approximate surface area is 155 Å². The van der Waals surface area contributed by atoms with Gasteiger partial charge in [0.15, 0.2) is 0 Å². The second-order valence-electron chi connectivity index (χ2n) is 6.57. The molecule has 25 heavy (non-hydrogen) atoms. The van der Waals surface area contributed by atoms with E-state index in [0.29, 0.717) is 23.0 Å². The van der Waals surface area contributed by atoms with Crippen LogP contribution in [0.1, 0.15) is 30.1 Å². The Bertz CT molecular complexity index is 845. The molecule has 0 aromatic carbocycles. The van der Waals surface area contributed by atoms with Gasteiger partial charge < -0.3 is 15.2 Å². The molecular weight excluding hydrogens is 356 g/mol. The average molecular weight is 381 g/mol. The van der Waals surface area contributed by atoms with Gasteiger partial charge in [-0.2, -0.15) is 0 Å². The summed E-state index contributed by atoms with van der Waals surface area (Å²) >= 11 is 3.07. The van der Waals surface area contributed by atoms with Crippen molar-refractivity contribution in [2.75, 3.05) is 19.6 Å². The van der Waals surface area contributed by atoms with E-state index < -0.39 is 0 Å². The number of nitrogens with zero attached hydrogens (tertiary/aromatic N) is 2. The number of nitrogens with one attached hydrogen (secondary N) is 2. The van der Waals surface area contributed by atoms with Crippen LogP contribution in [0.25, 0.3) is 10.2 Å². The topological polar surface area (TPSA) is 78.1 Å². The molecule has 136 valence electrons. The zero-order chi connectivity index (χ0) is 18.1. The van der Waals surface area contributed by atoms with Crippen LogP contribution in [0.3, 0.4) is 0 Å². The molecule has 3 rings (SSSR count). The number of fused-ring (bicyclic) bond motifs is 1. The number of hydrogen-bond acceptors (Lipinski definition) is 6. The molecule has 8 heteroatoms. The van der Waals surface area contributed by atoms with E-state index in [1.54, 1.807) is 11.3 Å². The van der Waals surface area contributed by atoms with E-state index in [2.05, 4.69) is 22.2 Å². The molecule has 0 bridgehead atoms. The first-order chi connectivity index (χ1) is 11.9.